The van der Waals surface area contributed by atoms with Crippen LogP contribution < -0.4 is 15.4 Å². The van der Waals surface area contributed by atoms with Crippen molar-refractivity contribution >= 4 is 17.4 Å². The quantitative estimate of drug-likeness (QED) is 0.858. The molecule has 2 N–H and O–H groups in total. The smallest absolute Gasteiger partial charge is 0.260 e. The van der Waals surface area contributed by atoms with Crippen molar-refractivity contribution in [1.82, 2.24) is 4.98 Å². The average Bonchev–Trinajstić information content (AvgIpc) is 2.54. The molecule has 0 spiro atoms. The Morgan fingerprint density at radius 3 is 2.64 bits per heavy atom. The Kier molecular flexibility index (Phi) is 5.36. The van der Waals surface area contributed by atoms with Gasteiger partial charge in [0.25, 0.3) is 5.91 Å². The molecule has 1 amide bonds. The molecule has 5 heteroatoms. The van der Waals surface area contributed by atoms with Crippen LogP contribution in [0.3, 0.4) is 0 Å². The number of nitrogens with zero attached hydrogens (tertiary/aromatic N) is 1. The van der Waals surface area contributed by atoms with Crippen LogP contribution >= 0.6 is 0 Å². The molecule has 0 saturated carbocycles. The van der Waals surface area contributed by atoms with Gasteiger partial charge in [-0.3, -0.25) is 4.79 Å². The number of carbonyl (C=O) groups is 1. The first-order valence-electron chi connectivity index (χ1n) is 7.24. The molecule has 1 aromatic carbocycles. The second kappa shape index (κ2) is 7.45. The van der Waals surface area contributed by atoms with E-state index in [1.54, 1.807) is 37.6 Å². The summed E-state index contributed by atoms with van der Waals surface area (Å²) in [5.41, 5.74) is 1.41. The van der Waals surface area contributed by atoms with E-state index >= 15 is 0 Å². The number of nitrogens with one attached hydrogen (secondary N) is 2. The largest absolute Gasteiger partial charge is 0.496 e. The van der Waals surface area contributed by atoms with Gasteiger partial charge in [-0.2, -0.15) is 0 Å². The molecule has 0 saturated heterocycles. The molecule has 0 aliphatic rings. The highest BCUT2D eigenvalue weighted by Crippen LogP contribution is 2.19. The van der Waals surface area contributed by atoms with Crippen molar-refractivity contribution in [2.45, 2.75) is 13.8 Å². The van der Waals surface area contributed by atoms with Crippen LogP contribution in [-0.2, 0) is 0 Å². The molecule has 1 aromatic heterocycles. The molecule has 0 unspecified atom stereocenters. The molecule has 5 nitrogen and oxygen atoms in total. The molecule has 1 heterocycles. The lowest BCUT2D eigenvalue weighted by atomic mass is 10.2. The van der Waals surface area contributed by atoms with E-state index in [1.165, 1.54) is 0 Å². The summed E-state index contributed by atoms with van der Waals surface area (Å²) in [6.07, 6.45) is 1.71. The Morgan fingerprint density at radius 2 is 2.00 bits per heavy atom. The Labute approximate surface area is 130 Å². The Balaban J connectivity index is 2.02. The second-order valence-corrected chi connectivity index (χ2v) is 5.36. The summed E-state index contributed by atoms with van der Waals surface area (Å²) in [6, 6.07) is 10.8. The summed E-state index contributed by atoms with van der Waals surface area (Å²) in [5, 5.41) is 6.05. The molecule has 0 radical (unpaired) electrons. The van der Waals surface area contributed by atoms with Gasteiger partial charge in [0.15, 0.2) is 0 Å². The third-order valence-corrected chi connectivity index (χ3v) is 3.07. The number of methoxy groups -OCH3 is 1. The third-order valence-electron chi connectivity index (χ3n) is 3.07. The first-order chi connectivity index (χ1) is 10.6. The predicted molar refractivity (Wildman–Crippen MR) is 88.5 cm³/mol. The van der Waals surface area contributed by atoms with Crippen LogP contribution in [0, 0.1) is 5.92 Å². The van der Waals surface area contributed by atoms with Crippen molar-refractivity contribution in [3.05, 3.63) is 48.2 Å². The minimum absolute atomic E-state index is 0.243. The minimum atomic E-state index is -0.243. The highest BCUT2D eigenvalue weighted by atomic mass is 16.5. The molecule has 22 heavy (non-hydrogen) atoms. The maximum Gasteiger partial charge on any atom is 0.260 e. The van der Waals surface area contributed by atoms with Gasteiger partial charge in [0.2, 0.25) is 0 Å². The van der Waals surface area contributed by atoms with E-state index in [0.717, 1.165) is 12.2 Å². The molecule has 0 aliphatic carbocycles. The first kappa shape index (κ1) is 15.8. The van der Waals surface area contributed by atoms with Gasteiger partial charge < -0.3 is 15.4 Å². The molecule has 0 atom stereocenters. The van der Waals surface area contributed by atoms with Gasteiger partial charge in [0.1, 0.15) is 11.6 Å². The monoisotopic (exact) mass is 299 g/mol. The first-order valence-corrected chi connectivity index (χ1v) is 7.24. The number of rotatable bonds is 6. The van der Waals surface area contributed by atoms with Gasteiger partial charge in [-0.25, -0.2) is 4.98 Å². The predicted octanol–water partition coefficient (Wildman–Crippen LogP) is 3.41. The van der Waals surface area contributed by atoms with E-state index in [1.807, 2.05) is 12.1 Å². The zero-order chi connectivity index (χ0) is 15.9. The zero-order valence-corrected chi connectivity index (χ0v) is 13.1. The Bertz CT molecular complexity index is 624. The van der Waals surface area contributed by atoms with Crippen LogP contribution in [0.1, 0.15) is 24.2 Å². The topological polar surface area (TPSA) is 63.2 Å². The summed E-state index contributed by atoms with van der Waals surface area (Å²) >= 11 is 0. The van der Waals surface area contributed by atoms with Crippen LogP contribution in [0.15, 0.2) is 42.6 Å². The van der Waals surface area contributed by atoms with Gasteiger partial charge in [0, 0.05) is 6.54 Å². The van der Waals surface area contributed by atoms with Crippen LogP contribution in [0.2, 0.25) is 0 Å². The fourth-order valence-electron chi connectivity index (χ4n) is 1.91. The lowest BCUT2D eigenvalue weighted by Gasteiger charge is -2.10. The lowest BCUT2D eigenvalue weighted by Crippen LogP contribution is -2.14. The minimum Gasteiger partial charge on any atom is -0.496 e. The maximum absolute atomic E-state index is 12.2. The Hall–Kier alpha value is -2.56. The number of amides is 1. The van der Waals surface area contributed by atoms with E-state index in [9.17, 15) is 4.79 Å². The highest BCUT2D eigenvalue weighted by molar-refractivity contribution is 6.05. The zero-order valence-electron chi connectivity index (χ0n) is 13.1. The number of ether oxygens (including phenoxy) is 1. The van der Waals surface area contributed by atoms with Crippen molar-refractivity contribution in [2.24, 2.45) is 5.92 Å². The average molecular weight is 299 g/mol. The molecular weight excluding hydrogens is 278 g/mol. The van der Waals surface area contributed by atoms with Gasteiger partial charge >= 0.3 is 0 Å². The molecule has 0 fully saturated rings. The SMILES string of the molecule is COc1ccccc1C(=O)Nc1ccc(NCC(C)C)cn1. The van der Waals surface area contributed by atoms with Crippen molar-refractivity contribution in [2.75, 3.05) is 24.3 Å². The molecule has 116 valence electrons. The summed E-state index contributed by atoms with van der Waals surface area (Å²) in [7, 11) is 1.54. The molecular formula is C17H21N3O2. The number of anilines is 2. The van der Waals surface area contributed by atoms with E-state index in [2.05, 4.69) is 29.5 Å². The number of pyridine rings is 1. The van der Waals surface area contributed by atoms with Crippen LogP contribution in [0.4, 0.5) is 11.5 Å². The number of benzene rings is 1. The fourth-order valence-corrected chi connectivity index (χ4v) is 1.91. The number of carbonyl (C=O) groups excluding carboxylic acids is 1. The fraction of sp³-hybridized carbons (Fsp3) is 0.294. The van der Waals surface area contributed by atoms with E-state index in [-0.39, 0.29) is 5.91 Å². The van der Waals surface area contributed by atoms with E-state index in [4.69, 9.17) is 4.74 Å². The van der Waals surface area contributed by atoms with E-state index < -0.39 is 0 Å². The maximum atomic E-state index is 12.2. The van der Waals surface area contributed by atoms with Crippen molar-refractivity contribution in [3.63, 3.8) is 0 Å². The van der Waals surface area contributed by atoms with Crippen molar-refractivity contribution in [3.8, 4) is 5.75 Å². The van der Waals surface area contributed by atoms with Gasteiger partial charge in [0.05, 0.1) is 24.6 Å². The molecule has 0 bridgehead atoms. The van der Waals surface area contributed by atoms with Gasteiger partial charge in [-0.1, -0.05) is 26.0 Å². The summed E-state index contributed by atoms with van der Waals surface area (Å²) in [5.74, 6) is 1.36. The second-order valence-electron chi connectivity index (χ2n) is 5.36. The standard InChI is InChI=1S/C17H21N3O2/c1-12(2)10-18-13-8-9-16(19-11-13)20-17(21)14-6-4-5-7-15(14)22-3/h4-9,11-12,18H,10H2,1-3H3,(H,19,20,21). The number of hydrogen-bond donors (Lipinski definition) is 2. The Morgan fingerprint density at radius 1 is 1.23 bits per heavy atom. The van der Waals surface area contributed by atoms with E-state index in [0.29, 0.717) is 23.0 Å². The molecule has 0 aliphatic heterocycles. The summed E-state index contributed by atoms with van der Waals surface area (Å²) in [6.45, 7) is 5.17. The van der Waals surface area contributed by atoms with Crippen molar-refractivity contribution in [1.29, 1.82) is 0 Å². The molecule has 2 aromatic rings. The van der Waals surface area contributed by atoms with Gasteiger partial charge in [-0.05, 0) is 30.2 Å². The number of hydrogen-bond acceptors (Lipinski definition) is 4. The summed E-state index contributed by atoms with van der Waals surface area (Å²) in [4.78, 5) is 16.5. The normalized spacial score (nSPS) is 10.4. The number of para-hydroxylation sites is 1. The van der Waals surface area contributed by atoms with Crippen molar-refractivity contribution < 1.29 is 9.53 Å². The van der Waals surface area contributed by atoms with Crippen LogP contribution in [0.5, 0.6) is 5.75 Å². The molecule has 2 rings (SSSR count). The lowest BCUT2D eigenvalue weighted by molar-refractivity contribution is 0.102. The van der Waals surface area contributed by atoms with Crippen LogP contribution in [-0.4, -0.2) is 24.5 Å². The third kappa shape index (κ3) is 4.22. The number of aromatic nitrogens is 1. The van der Waals surface area contributed by atoms with Crippen LogP contribution in [0.25, 0.3) is 0 Å². The van der Waals surface area contributed by atoms with Gasteiger partial charge in [-0.15, -0.1) is 0 Å². The summed E-state index contributed by atoms with van der Waals surface area (Å²) < 4.78 is 5.19. The highest BCUT2D eigenvalue weighted by Gasteiger charge is 2.11.